The van der Waals surface area contributed by atoms with Crippen LogP contribution in [0.1, 0.15) is 20.3 Å². The predicted molar refractivity (Wildman–Crippen MR) is 38.0 cm³/mol. The standard InChI is InChI=1S/C7H14N2/c1-3-9(4-2)7-5-6-8/h3-5,7H2,1-2H3. The van der Waals surface area contributed by atoms with E-state index in [0.717, 1.165) is 19.6 Å². The molecule has 2 nitrogen and oxygen atoms in total. The summed E-state index contributed by atoms with van der Waals surface area (Å²) in [4.78, 5) is 2.24. The van der Waals surface area contributed by atoms with Crippen molar-refractivity contribution in [1.82, 2.24) is 4.90 Å². The quantitative estimate of drug-likeness (QED) is 0.566. The number of hydrogen-bond acceptors (Lipinski definition) is 2. The highest BCUT2D eigenvalue weighted by atomic mass is 15.1. The van der Waals surface area contributed by atoms with Crippen LogP contribution in [0, 0.1) is 11.3 Å². The second kappa shape index (κ2) is 5.58. The summed E-state index contributed by atoms with van der Waals surface area (Å²) >= 11 is 0. The van der Waals surface area contributed by atoms with Gasteiger partial charge in [-0.2, -0.15) is 5.26 Å². The van der Waals surface area contributed by atoms with Gasteiger partial charge in [0, 0.05) is 13.0 Å². The van der Waals surface area contributed by atoms with Gasteiger partial charge in [-0.25, -0.2) is 0 Å². The summed E-state index contributed by atoms with van der Waals surface area (Å²) in [6.07, 6.45) is 0.654. The van der Waals surface area contributed by atoms with Crippen LogP contribution in [-0.4, -0.2) is 24.5 Å². The Bertz CT molecular complexity index is 89.6. The molecule has 0 aliphatic heterocycles. The number of nitriles is 1. The first kappa shape index (κ1) is 8.45. The highest BCUT2D eigenvalue weighted by molar-refractivity contribution is 4.70. The third-order valence-electron chi connectivity index (χ3n) is 1.43. The molecule has 52 valence electrons. The second-order valence-corrected chi connectivity index (χ2v) is 1.93. The largest absolute Gasteiger partial charge is 0.303 e. The molecule has 0 fully saturated rings. The number of nitrogens with zero attached hydrogens (tertiary/aromatic N) is 2. The van der Waals surface area contributed by atoms with Crippen molar-refractivity contribution in [2.24, 2.45) is 0 Å². The zero-order chi connectivity index (χ0) is 7.11. The molecular weight excluding hydrogens is 112 g/mol. The second-order valence-electron chi connectivity index (χ2n) is 1.93. The molecule has 0 spiro atoms. The molecule has 0 aromatic carbocycles. The van der Waals surface area contributed by atoms with Crippen LogP contribution in [0.4, 0.5) is 0 Å². The van der Waals surface area contributed by atoms with E-state index in [2.05, 4.69) is 24.8 Å². The zero-order valence-corrected chi connectivity index (χ0v) is 6.22. The Kier molecular flexibility index (Phi) is 5.24. The summed E-state index contributed by atoms with van der Waals surface area (Å²) in [5.74, 6) is 0. The molecule has 0 aromatic heterocycles. The van der Waals surface area contributed by atoms with Gasteiger partial charge in [-0.05, 0) is 13.1 Å². The van der Waals surface area contributed by atoms with E-state index < -0.39 is 0 Å². The summed E-state index contributed by atoms with van der Waals surface area (Å²) in [7, 11) is 0. The van der Waals surface area contributed by atoms with Gasteiger partial charge in [-0.15, -0.1) is 0 Å². The van der Waals surface area contributed by atoms with Crippen LogP contribution in [-0.2, 0) is 0 Å². The molecule has 9 heavy (non-hydrogen) atoms. The topological polar surface area (TPSA) is 27.0 Å². The molecule has 0 amide bonds. The predicted octanol–water partition coefficient (Wildman–Crippen LogP) is 1.24. The average molecular weight is 126 g/mol. The molecule has 0 rings (SSSR count). The van der Waals surface area contributed by atoms with E-state index in [1.807, 2.05) is 0 Å². The third kappa shape index (κ3) is 3.99. The van der Waals surface area contributed by atoms with Crippen LogP contribution in [0.15, 0.2) is 0 Å². The fraction of sp³-hybridized carbons (Fsp3) is 0.857. The molecule has 0 radical (unpaired) electrons. The fourth-order valence-electron chi connectivity index (χ4n) is 0.748. The van der Waals surface area contributed by atoms with Gasteiger partial charge in [0.2, 0.25) is 0 Å². The first-order valence-electron chi connectivity index (χ1n) is 3.44. The van der Waals surface area contributed by atoms with E-state index >= 15 is 0 Å². The maximum atomic E-state index is 8.23. The maximum absolute atomic E-state index is 8.23. The van der Waals surface area contributed by atoms with Crippen molar-refractivity contribution in [3.05, 3.63) is 0 Å². The third-order valence-corrected chi connectivity index (χ3v) is 1.43. The fourth-order valence-corrected chi connectivity index (χ4v) is 0.748. The normalized spacial score (nSPS) is 9.56. The molecule has 0 saturated carbocycles. The first-order valence-corrected chi connectivity index (χ1v) is 3.44. The minimum absolute atomic E-state index is 0.654. The minimum Gasteiger partial charge on any atom is -0.303 e. The van der Waals surface area contributed by atoms with Crippen molar-refractivity contribution >= 4 is 0 Å². The van der Waals surface area contributed by atoms with E-state index in [1.165, 1.54) is 0 Å². The average Bonchev–Trinajstić information content (AvgIpc) is 1.91. The Balaban J connectivity index is 3.22. The summed E-state index contributed by atoms with van der Waals surface area (Å²) in [6, 6.07) is 2.13. The lowest BCUT2D eigenvalue weighted by Crippen LogP contribution is -2.23. The van der Waals surface area contributed by atoms with Crippen molar-refractivity contribution in [3.63, 3.8) is 0 Å². The molecular formula is C7H14N2. The zero-order valence-electron chi connectivity index (χ0n) is 6.22. The van der Waals surface area contributed by atoms with Crippen LogP contribution >= 0.6 is 0 Å². The van der Waals surface area contributed by atoms with Gasteiger partial charge in [0.05, 0.1) is 6.07 Å². The summed E-state index contributed by atoms with van der Waals surface area (Å²) < 4.78 is 0. The van der Waals surface area contributed by atoms with Crippen LogP contribution in [0.2, 0.25) is 0 Å². The summed E-state index contributed by atoms with van der Waals surface area (Å²) in [5, 5.41) is 8.23. The van der Waals surface area contributed by atoms with Gasteiger partial charge in [0.1, 0.15) is 0 Å². The Morgan fingerprint density at radius 2 is 1.89 bits per heavy atom. The van der Waals surface area contributed by atoms with Gasteiger partial charge in [0.25, 0.3) is 0 Å². The van der Waals surface area contributed by atoms with E-state index in [0.29, 0.717) is 6.42 Å². The lowest BCUT2D eigenvalue weighted by molar-refractivity contribution is 0.311. The Hall–Kier alpha value is -0.550. The van der Waals surface area contributed by atoms with Crippen LogP contribution < -0.4 is 0 Å². The highest BCUT2D eigenvalue weighted by Gasteiger charge is 1.94. The Labute approximate surface area is 57.1 Å². The molecule has 0 bridgehead atoms. The van der Waals surface area contributed by atoms with Crippen LogP contribution in [0.3, 0.4) is 0 Å². The van der Waals surface area contributed by atoms with Crippen molar-refractivity contribution in [2.45, 2.75) is 20.3 Å². The Morgan fingerprint density at radius 3 is 2.22 bits per heavy atom. The summed E-state index contributed by atoms with van der Waals surface area (Å²) in [6.45, 7) is 7.25. The van der Waals surface area contributed by atoms with Crippen molar-refractivity contribution < 1.29 is 0 Å². The molecule has 0 unspecified atom stereocenters. The molecule has 0 saturated heterocycles. The van der Waals surface area contributed by atoms with Gasteiger partial charge < -0.3 is 4.90 Å². The van der Waals surface area contributed by atoms with E-state index in [4.69, 9.17) is 5.26 Å². The van der Waals surface area contributed by atoms with Gasteiger partial charge >= 0.3 is 0 Å². The maximum Gasteiger partial charge on any atom is 0.0635 e. The van der Waals surface area contributed by atoms with E-state index in [9.17, 15) is 0 Å². The van der Waals surface area contributed by atoms with Gasteiger partial charge in [-0.1, -0.05) is 13.8 Å². The highest BCUT2D eigenvalue weighted by Crippen LogP contribution is 1.87. The van der Waals surface area contributed by atoms with Crippen molar-refractivity contribution in [1.29, 1.82) is 5.26 Å². The van der Waals surface area contributed by atoms with E-state index in [1.54, 1.807) is 0 Å². The number of rotatable bonds is 4. The Morgan fingerprint density at radius 1 is 1.33 bits per heavy atom. The summed E-state index contributed by atoms with van der Waals surface area (Å²) in [5.41, 5.74) is 0. The molecule has 2 heteroatoms. The smallest absolute Gasteiger partial charge is 0.0635 e. The minimum atomic E-state index is 0.654. The van der Waals surface area contributed by atoms with Gasteiger partial charge in [0.15, 0.2) is 0 Å². The number of hydrogen-bond donors (Lipinski definition) is 0. The SMILES string of the molecule is CCN(CC)CCC#N. The molecule has 0 heterocycles. The molecule has 0 aliphatic rings. The van der Waals surface area contributed by atoms with Crippen LogP contribution in [0.5, 0.6) is 0 Å². The first-order chi connectivity index (χ1) is 4.35. The lowest BCUT2D eigenvalue weighted by Gasteiger charge is -2.14. The monoisotopic (exact) mass is 126 g/mol. The molecule has 0 aromatic rings. The molecule has 0 atom stereocenters. The molecule has 0 aliphatic carbocycles. The molecule has 0 N–H and O–H groups in total. The van der Waals surface area contributed by atoms with E-state index in [-0.39, 0.29) is 0 Å². The van der Waals surface area contributed by atoms with Gasteiger partial charge in [-0.3, -0.25) is 0 Å². The lowest BCUT2D eigenvalue weighted by atomic mass is 10.4. The van der Waals surface area contributed by atoms with Crippen molar-refractivity contribution in [3.8, 4) is 6.07 Å². The van der Waals surface area contributed by atoms with Crippen LogP contribution in [0.25, 0.3) is 0 Å². The van der Waals surface area contributed by atoms with Crippen molar-refractivity contribution in [2.75, 3.05) is 19.6 Å².